The minimum atomic E-state index is -5.07. The van der Waals surface area contributed by atoms with Gasteiger partial charge in [0.2, 0.25) is 5.91 Å². The molecule has 0 bridgehead atoms. The fraction of sp³-hybridized carbons (Fsp3) is 0.980. The third-order valence-corrected chi connectivity index (χ3v) is 13.4. The first kappa shape index (κ1) is 60.1. The Morgan fingerprint density at radius 1 is 0.571 bits per heavy atom. The number of hydrogen-bond acceptors (Lipinski definition) is 10. The van der Waals surface area contributed by atoms with Crippen LogP contribution < -0.4 is 5.32 Å². The summed E-state index contributed by atoms with van der Waals surface area (Å²) < 4.78 is 47.8. The van der Waals surface area contributed by atoms with Gasteiger partial charge in [-0.25, -0.2) is 4.18 Å². The molecule has 376 valence electrons. The van der Waals surface area contributed by atoms with Crippen molar-refractivity contribution in [1.82, 2.24) is 5.32 Å². The summed E-state index contributed by atoms with van der Waals surface area (Å²) in [6, 6.07) is -0.852. The molecule has 1 aliphatic heterocycles. The summed E-state index contributed by atoms with van der Waals surface area (Å²) in [7, 11) is -5.07. The highest BCUT2D eigenvalue weighted by Crippen LogP contribution is 2.26. The van der Waals surface area contributed by atoms with Crippen molar-refractivity contribution in [2.24, 2.45) is 0 Å². The van der Waals surface area contributed by atoms with Crippen LogP contribution in [0.5, 0.6) is 0 Å². The maximum Gasteiger partial charge on any atom is 0.397 e. The molecule has 0 aromatic heterocycles. The lowest BCUT2D eigenvalue weighted by Gasteiger charge is -2.41. The molecule has 0 radical (unpaired) electrons. The lowest BCUT2D eigenvalue weighted by molar-refractivity contribution is -0.298. The van der Waals surface area contributed by atoms with Gasteiger partial charge < -0.3 is 35.2 Å². The fourth-order valence-electron chi connectivity index (χ4n) is 8.81. The van der Waals surface area contributed by atoms with E-state index in [0.29, 0.717) is 12.8 Å². The molecule has 1 rings (SSSR count). The number of hydrogen-bond donors (Lipinski definition) is 6. The Morgan fingerprint density at radius 2 is 0.921 bits per heavy atom. The standard InChI is InChI=1S/C50H99NO11S/c1-3-5-7-9-11-13-15-17-19-21-22-24-25-27-29-31-33-35-37-39-44(53)43(42-60-50-48(56)49(62-63(57,58)59)47(55)45(41-52)61-50)51-46(54)40-38-36-34-32-30-28-26-23-20-18-16-14-12-10-8-6-4-2/h43-45,47-50,52-53,55-56H,3-42H2,1-2H3,(H,51,54)(H,57,58,59). The van der Waals surface area contributed by atoms with Crippen LogP contribution in [-0.2, 0) is 28.9 Å². The number of rotatable bonds is 46. The Balaban J connectivity index is 2.41. The number of unbranched alkanes of at least 4 members (excludes halogenated alkanes) is 34. The number of nitrogens with one attached hydrogen (secondary N) is 1. The number of amides is 1. The van der Waals surface area contributed by atoms with Crippen LogP contribution in [0.1, 0.15) is 258 Å². The van der Waals surface area contributed by atoms with E-state index in [2.05, 4.69) is 23.3 Å². The molecule has 7 atom stereocenters. The summed E-state index contributed by atoms with van der Waals surface area (Å²) in [5, 5.41) is 45.0. The van der Waals surface area contributed by atoms with Gasteiger partial charge in [-0.2, -0.15) is 8.42 Å². The summed E-state index contributed by atoms with van der Waals surface area (Å²) >= 11 is 0. The van der Waals surface area contributed by atoms with Gasteiger partial charge in [-0.15, -0.1) is 0 Å². The highest BCUT2D eigenvalue weighted by molar-refractivity contribution is 7.80. The highest BCUT2D eigenvalue weighted by Gasteiger charge is 2.48. The molecule has 0 aromatic rings. The van der Waals surface area contributed by atoms with Gasteiger partial charge in [-0.05, 0) is 12.8 Å². The van der Waals surface area contributed by atoms with Gasteiger partial charge in [0, 0.05) is 6.42 Å². The molecule has 0 spiro atoms. The Kier molecular flexibility index (Phi) is 39.4. The fourth-order valence-corrected chi connectivity index (χ4v) is 9.32. The quantitative estimate of drug-likeness (QED) is 0.0251. The zero-order valence-corrected chi connectivity index (χ0v) is 41.2. The van der Waals surface area contributed by atoms with Crippen LogP contribution in [0.3, 0.4) is 0 Å². The van der Waals surface area contributed by atoms with E-state index in [0.717, 1.165) is 51.4 Å². The zero-order chi connectivity index (χ0) is 46.2. The summed E-state index contributed by atoms with van der Waals surface area (Å²) in [6.45, 7) is 3.49. The van der Waals surface area contributed by atoms with Crippen LogP contribution in [0.25, 0.3) is 0 Å². The zero-order valence-electron chi connectivity index (χ0n) is 40.4. The van der Waals surface area contributed by atoms with Gasteiger partial charge in [-0.3, -0.25) is 9.35 Å². The molecule has 6 N–H and O–H groups in total. The van der Waals surface area contributed by atoms with Crippen LogP contribution in [0, 0.1) is 0 Å². The van der Waals surface area contributed by atoms with E-state index in [1.807, 2.05) is 0 Å². The van der Waals surface area contributed by atoms with E-state index < -0.39 is 59.9 Å². The van der Waals surface area contributed by atoms with Crippen LogP contribution in [-0.4, -0.2) is 95.4 Å². The van der Waals surface area contributed by atoms with Gasteiger partial charge in [0.25, 0.3) is 0 Å². The van der Waals surface area contributed by atoms with Crippen molar-refractivity contribution in [3.63, 3.8) is 0 Å². The van der Waals surface area contributed by atoms with E-state index >= 15 is 0 Å². The van der Waals surface area contributed by atoms with Gasteiger partial charge in [-0.1, -0.05) is 239 Å². The molecule has 13 heteroatoms. The first-order valence-electron chi connectivity index (χ1n) is 26.4. The van der Waals surface area contributed by atoms with Crippen molar-refractivity contribution in [1.29, 1.82) is 0 Å². The van der Waals surface area contributed by atoms with Crippen molar-refractivity contribution in [3.8, 4) is 0 Å². The van der Waals surface area contributed by atoms with E-state index in [4.69, 9.17) is 9.47 Å². The molecule has 0 saturated carbocycles. The maximum atomic E-state index is 13.1. The highest BCUT2D eigenvalue weighted by atomic mass is 32.3. The summed E-state index contributed by atoms with van der Waals surface area (Å²) in [4.78, 5) is 13.1. The Labute approximate surface area is 386 Å². The minimum absolute atomic E-state index is 0.224. The SMILES string of the molecule is CCCCCCCCCCCCCCCCCCCCCC(O)C(COC1OC(CO)C(O)C(OS(=O)(=O)O)C1O)NC(=O)CCCCCCCCCCCCCCCCCCC. The summed E-state index contributed by atoms with van der Waals surface area (Å²) in [6.07, 6.45) is 36.7. The molecule has 1 fully saturated rings. The second kappa shape index (κ2) is 41.3. The molecular formula is C50H99NO11S. The number of carbonyl (C=O) groups is 1. The van der Waals surface area contributed by atoms with Gasteiger partial charge in [0.15, 0.2) is 6.29 Å². The minimum Gasteiger partial charge on any atom is -0.394 e. The average Bonchev–Trinajstić information content (AvgIpc) is 3.25. The number of ether oxygens (including phenoxy) is 2. The smallest absolute Gasteiger partial charge is 0.394 e. The van der Waals surface area contributed by atoms with E-state index in [-0.39, 0.29) is 12.5 Å². The van der Waals surface area contributed by atoms with Crippen molar-refractivity contribution >= 4 is 16.3 Å². The van der Waals surface area contributed by atoms with E-state index in [1.165, 1.54) is 180 Å². The van der Waals surface area contributed by atoms with Crippen LogP contribution in [0.2, 0.25) is 0 Å². The van der Waals surface area contributed by atoms with Gasteiger partial charge in [0.05, 0.1) is 25.4 Å². The predicted molar refractivity (Wildman–Crippen MR) is 255 cm³/mol. The lowest BCUT2D eigenvalue weighted by atomic mass is 9.99. The van der Waals surface area contributed by atoms with Gasteiger partial charge >= 0.3 is 10.4 Å². The molecule has 1 amide bonds. The average molecular weight is 922 g/mol. The predicted octanol–water partition coefficient (Wildman–Crippen LogP) is 11.3. The maximum absolute atomic E-state index is 13.1. The Hall–Kier alpha value is -0.900. The molecular weight excluding hydrogens is 823 g/mol. The number of aliphatic hydroxyl groups is 4. The van der Waals surface area contributed by atoms with Crippen molar-refractivity contribution in [2.75, 3.05) is 13.2 Å². The molecule has 0 aliphatic carbocycles. The molecule has 63 heavy (non-hydrogen) atoms. The molecule has 1 saturated heterocycles. The van der Waals surface area contributed by atoms with Crippen molar-refractivity contribution < 1.29 is 51.8 Å². The molecule has 7 unspecified atom stereocenters. The third-order valence-electron chi connectivity index (χ3n) is 12.9. The molecule has 1 heterocycles. The molecule has 12 nitrogen and oxygen atoms in total. The molecule has 0 aromatic carbocycles. The monoisotopic (exact) mass is 922 g/mol. The second-order valence-electron chi connectivity index (χ2n) is 18.8. The third kappa shape index (κ3) is 34.1. The number of carbonyl (C=O) groups excluding carboxylic acids is 1. The Bertz CT molecular complexity index is 1130. The summed E-state index contributed by atoms with van der Waals surface area (Å²) in [5.74, 6) is -0.224. The normalized spacial score (nSPS) is 20.3. The van der Waals surface area contributed by atoms with Crippen LogP contribution >= 0.6 is 0 Å². The van der Waals surface area contributed by atoms with E-state index in [1.54, 1.807) is 0 Å². The molecule has 1 aliphatic rings. The first-order chi connectivity index (χ1) is 30.5. The Morgan fingerprint density at radius 3 is 1.27 bits per heavy atom. The van der Waals surface area contributed by atoms with E-state index in [9.17, 15) is 38.2 Å². The lowest BCUT2D eigenvalue weighted by Crippen LogP contribution is -2.61. The van der Waals surface area contributed by atoms with Crippen LogP contribution in [0.4, 0.5) is 0 Å². The summed E-state index contributed by atoms with van der Waals surface area (Å²) in [5.41, 5.74) is 0. The second-order valence-corrected chi connectivity index (χ2v) is 19.9. The largest absolute Gasteiger partial charge is 0.397 e. The van der Waals surface area contributed by atoms with Gasteiger partial charge in [0.1, 0.15) is 24.4 Å². The van der Waals surface area contributed by atoms with Crippen molar-refractivity contribution in [2.45, 2.75) is 301 Å². The first-order valence-corrected chi connectivity index (χ1v) is 27.8. The van der Waals surface area contributed by atoms with Crippen molar-refractivity contribution in [3.05, 3.63) is 0 Å². The number of aliphatic hydroxyl groups excluding tert-OH is 4. The topological polar surface area (TPSA) is 192 Å². The van der Waals surface area contributed by atoms with Crippen LogP contribution in [0.15, 0.2) is 0 Å².